The number of rotatable bonds is 3. The topological polar surface area (TPSA) is 47.6 Å². The summed E-state index contributed by atoms with van der Waals surface area (Å²) >= 11 is 6.89. The summed E-state index contributed by atoms with van der Waals surface area (Å²) in [6.45, 7) is 0.582. The normalized spacial score (nSPS) is 16.2. The van der Waals surface area contributed by atoms with Gasteiger partial charge in [0.1, 0.15) is 11.5 Å². The quantitative estimate of drug-likeness (QED) is 0.765. The van der Waals surface area contributed by atoms with Crippen LogP contribution in [-0.2, 0) is 0 Å². The van der Waals surface area contributed by atoms with Crippen molar-refractivity contribution in [2.75, 3.05) is 13.7 Å². The lowest BCUT2D eigenvalue weighted by Crippen LogP contribution is -2.32. The van der Waals surface area contributed by atoms with Gasteiger partial charge in [0, 0.05) is 20.9 Å². The van der Waals surface area contributed by atoms with Crippen LogP contribution in [0.15, 0.2) is 45.3 Å². The van der Waals surface area contributed by atoms with Gasteiger partial charge in [0.05, 0.1) is 25.3 Å². The van der Waals surface area contributed by atoms with Crippen molar-refractivity contribution in [2.24, 2.45) is 0 Å². The summed E-state index contributed by atoms with van der Waals surface area (Å²) in [5.74, 6) is 1.32. The number of benzene rings is 2. The first-order valence-electron chi connectivity index (χ1n) is 7.15. The molecule has 3 rings (SSSR count). The van der Waals surface area contributed by atoms with Crippen molar-refractivity contribution >= 4 is 37.8 Å². The molecule has 1 aliphatic rings. The highest BCUT2D eigenvalue weighted by atomic mass is 79.9. The van der Waals surface area contributed by atoms with E-state index in [1.54, 1.807) is 13.2 Å². The van der Waals surface area contributed by atoms with Gasteiger partial charge >= 0.3 is 0 Å². The fourth-order valence-corrected chi connectivity index (χ4v) is 3.36. The van der Waals surface area contributed by atoms with Crippen molar-refractivity contribution in [1.82, 2.24) is 5.32 Å². The molecule has 4 nitrogen and oxygen atoms in total. The average Bonchev–Trinajstić information content (AvgIpc) is 2.55. The standard InChI is InChI=1S/C17H15Br2NO3/c1-22-11-3-4-14(19)12(9-11)17(21)20-15-6-7-23-16-5-2-10(18)8-13(15)16/h2-5,8-9,15H,6-7H2,1H3,(H,20,21). The van der Waals surface area contributed by atoms with Gasteiger partial charge in [-0.25, -0.2) is 0 Å². The monoisotopic (exact) mass is 439 g/mol. The Hall–Kier alpha value is -1.53. The number of fused-ring (bicyclic) bond motifs is 1. The highest BCUT2D eigenvalue weighted by molar-refractivity contribution is 9.10. The van der Waals surface area contributed by atoms with E-state index in [2.05, 4.69) is 37.2 Å². The number of amides is 1. The molecule has 0 aliphatic carbocycles. The van der Waals surface area contributed by atoms with Crippen molar-refractivity contribution < 1.29 is 14.3 Å². The predicted octanol–water partition coefficient (Wildman–Crippen LogP) is 4.47. The van der Waals surface area contributed by atoms with E-state index in [0.29, 0.717) is 17.9 Å². The molecular weight excluding hydrogens is 426 g/mol. The number of ether oxygens (including phenoxy) is 2. The van der Waals surface area contributed by atoms with Gasteiger partial charge < -0.3 is 14.8 Å². The van der Waals surface area contributed by atoms with Gasteiger partial charge in [-0.1, -0.05) is 15.9 Å². The van der Waals surface area contributed by atoms with Crippen LogP contribution in [-0.4, -0.2) is 19.6 Å². The molecular formula is C17H15Br2NO3. The molecule has 23 heavy (non-hydrogen) atoms. The summed E-state index contributed by atoms with van der Waals surface area (Å²) in [6.07, 6.45) is 0.733. The van der Waals surface area contributed by atoms with Crippen LogP contribution in [0.4, 0.5) is 0 Å². The van der Waals surface area contributed by atoms with E-state index in [1.807, 2.05) is 30.3 Å². The third-order valence-corrected chi connectivity index (χ3v) is 4.92. The number of hydrogen-bond acceptors (Lipinski definition) is 3. The van der Waals surface area contributed by atoms with Gasteiger partial charge in [-0.05, 0) is 52.3 Å². The SMILES string of the molecule is COc1ccc(Br)c(C(=O)NC2CCOc3ccc(Br)cc32)c1. The average molecular weight is 441 g/mol. The molecule has 0 radical (unpaired) electrons. The fourth-order valence-electron chi connectivity index (χ4n) is 2.56. The second-order valence-corrected chi connectivity index (χ2v) is 6.96. The molecule has 0 bridgehead atoms. The molecule has 0 aromatic heterocycles. The van der Waals surface area contributed by atoms with Gasteiger partial charge in [0.2, 0.25) is 0 Å². The van der Waals surface area contributed by atoms with Gasteiger partial charge in [0.15, 0.2) is 0 Å². The Labute approximate surface area is 151 Å². The van der Waals surface area contributed by atoms with E-state index in [-0.39, 0.29) is 11.9 Å². The Morgan fingerprint density at radius 3 is 2.87 bits per heavy atom. The largest absolute Gasteiger partial charge is 0.497 e. The van der Waals surface area contributed by atoms with E-state index >= 15 is 0 Å². The van der Waals surface area contributed by atoms with E-state index in [4.69, 9.17) is 9.47 Å². The van der Waals surface area contributed by atoms with Crippen LogP contribution >= 0.6 is 31.9 Å². The first-order valence-corrected chi connectivity index (χ1v) is 8.73. The van der Waals surface area contributed by atoms with Gasteiger partial charge in [-0.2, -0.15) is 0 Å². The Morgan fingerprint density at radius 1 is 1.26 bits per heavy atom. The molecule has 2 aromatic carbocycles. The highest BCUT2D eigenvalue weighted by Crippen LogP contribution is 2.34. The predicted molar refractivity (Wildman–Crippen MR) is 95.2 cm³/mol. The van der Waals surface area contributed by atoms with Crippen LogP contribution in [0.1, 0.15) is 28.4 Å². The van der Waals surface area contributed by atoms with Crippen molar-refractivity contribution in [2.45, 2.75) is 12.5 Å². The number of carbonyl (C=O) groups is 1. The molecule has 2 aromatic rings. The summed E-state index contributed by atoms with van der Waals surface area (Å²) in [7, 11) is 1.58. The van der Waals surface area contributed by atoms with Crippen LogP contribution < -0.4 is 14.8 Å². The number of methoxy groups -OCH3 is 1. The highest BCUT2D eigenvalue weighted by Gasteiger charge is 2.24. The lowest BCUT2D eigenvalue weighted by molar-refractivity contribution is 0.0923. The Morgan fingerprint density at radius 2 is 2.09 bits per heavy atom. The zero-order valence-electron chi connectivity index (χ0n) is 12.4. The Kier molecular flexibility index (Phi) is 4.92. The maximum Gasteiger partial charge on any atom is 0.253 e. The number of halogens is 2. The Bertz CT molecular complexity index is 749. The van der Waals surface area contributed by atoms with Crippen LogP contribution in [0, 0.1) is 0 Å². The number of nitrogens with one attached hydrogen (secondary N) is 1. The first kappa shape index (κ1) is 16.3. The molecule has 0 fully saturated rings. The number of carbonyl (C=O) groups excluding carboxylic acids is 1. The maximum atomic E-state index is 12.6. The summed E-state index contributed by atoms with van der Waals surface area (Å²) in [5, 5.41) is 3.09. The molecule has 1 N–H and O–H groups in total. The number of hydrogen-bond donors (Lipinski definition) is 1. The van der Waals surface area contributed by atoms with E-state index in [0.717, 1.165) is 26.7 Å². The Balaban J connectivity index is 1.86. The lowest BCUT2D eigenvalue weighted by atomic mass is 10.00. The molecule has 0 spiro atoms. The van der Waals surface area contributed by atoms with Crippen LogP contribution in [0.25, 0.3) is 0 Å². The molecule has 1 amide bonds. The molecule has 1 aliphatic heterocycles. The van der Waals surface area contributed by atoms with Crippen molar-refractivity contribution in [3.05, 3.63) is 56.5 Å². The first-order chi connectivity index (χ1) is 11.1. The fraction of sp³-hybridized carbons (Fsp3) is 0.235. The van der Waals surface area contributed by atoms with Crippen molar-refractivity contribution in [3.63, 3.8) is 0 Å². The third-order valence-electron chi connectivity index (χ3n) is 3.73. The van der Waals surface area contributed by atoms with E-state index < -0.39 is 0 Å². The zero-order chi connectivity index (χ0) is 16.4. The molecule has 1 unspecified atom stereocenters. The molecule has 0 saturated carbocycles. The van der Waals surface area contributed by atoms with Gasteiger partial charge in [-0.15, -0.1) is 0 Å². The summed E-state index contributed by atoms with van der Waals surface area (Å²) < 4.78 is 12.5. The third kappa shape index (κ3) is 3.53. The second kappa shape index (κ2) is 6.93. The van der Waals surface area contributed by atoms with E-state index in [9.17, 15) is 4.79 Å². The van der Waals surface area contributed by atoms with Crippen LogP contribution in [0.5, 0.6) is 11.5 Å². The van der Waals surface area contributed by atoms with Crippen LogP contribution in [0.3, 0.4) is 0 Å². The second-order valence-electron chi connectivity index (χ2n) is 5.19. The molecule has 6 heteroatoms. The molecule has 0 saturated heterocycles. The maximum absolute atomic E-state index is 12.6. The van der Waals surface area contributed by atoms with Crippen molar-refractivity contribution in [3.8, 4) is 11.5 Å². The van der Waals surface area contributed by atoms with Crippen molar-refractivity contribution in [1.29, 1.82) is 0 Å². The summed E-state index contributed by atoms with van der Waals surface area (Å²) in [4.78, 5) is 12.6. The molecule has 1 atom stereocenters. The lowest BCUT2D eigenvalue weighted by Gasteiger charge is -2.27. The summed E-state index contributed by atoms with van der Waals surface area (Å²) in [6, 6.07) is 11.1. The smallest absolute Gasteiger partial charge is 0.253 e. The minimum Gasteiger partial charge on any atom is -0.497 e. The minimum absolute atomic E-state index is 0.0816. The molecule has 1 heterocycles. The van der Waals surface area contributed by atoms with Crippen LogP contribution in [0.2, 0.25) is 0 Å². The molecule has 120 valence electrons. The minimum atomic E-state index is -0.145. The van der Waals surface area contributed by atoms with Gasteiger partial charge in [-0.3, -0.25) is 4.79 Å². The zero-order valence-corrected chi connectivity index (χ0v) is 15.6. The summed E-state index contributed by atoms with van der Waals surface area (Å²) in [5.41, 5.74) is 1.53. The van der Waals surface area contributed by atoms with Gasteiger partial charge in [0.25, 0.3) is 5.91 Å². The van der Waals surface area contributed by atoms with E-state index in [1.165, 1.54) is 0 Å².